The average Bonchev–Trinajstić information content (AvgIpc) is 2.17. The van der Waals surface area contributed by atoms with Crippen molar-refractivity contribution >= 4 is 21.6 Å². The van der Waals surface area contributed by atoms with Crippen LogP contribution in [-0.4, -0.2) is 17.7 Å². The smallest absolute Gasteiger partial charge is 0.0782 e. The summed E-state index contributed by atoms with van der Waals surface area (Å²) in [4.78, 5) is 2.28. The van der Waals surface area contributed by atoms with Crippen LogP contribution in [-0.2, 0) is 0 Å². The van der Waals surface area contributed by atoms with E-state index in [1.165, 1.54) is 0 Å². The Morgan fingerprint density at radius 3 is 2.38 bits per heavy atom. The molecule has 0 saturated carbocycles. The number of anilines is 1. The topological polar surface area (TPSA) is 23.5 Å². The summed E-state index contributed by atoms with van der Waals surface area (Å²) in [7, 11) is 0. The Bertz CT molecular complexity index is 350. The van der Waals surface area contributed by atoms with Gasteiger partial charge in [0.2, 0.25) is 0 Å². The van der Waals surface area contributed by atoms with Crippen LogP contribution in [0, 0.1) is 0 Å². The number of nitrogens with zero attached hydrogens (tertiary/aromatic N) is 1. The van der Waals surface area contributed by atoms with Crippen molar-refractivity contribution in [1.29, 1.82) is 0 Å². The van der Waals surface area contributed by atoms with E-state index in [1.54, 1.807) is 6.92 Å². The molecule has 0 bridgehead atoms. The molecule has 0 aliphatic rings. The summed E-state index contributed by atoms with van der Waals surface area (Å²) < 4.78 is 1.05. The molecule has 16 heavy (non-hydrogen) atoms. The van der Waals surface area contributed by atoms with Crippen molar-refractivity contribution in [3.05, 3.63) is 28.2 Å². The number of halogens is 1. The van der Waals surface area contributed by atoms with E-state index >= 15 is 0 Å². The molecule has 90 valence electrons. The van der Waals surface area contributed by atoms with Crippen LogP contribution in [0.15, 0.2) is 22.7 Å². The van der Waals surface area contributed by atoms with E-state index in [1.807, 2.05) is 12.1 Å². The molecule has 0 heterocycles. The van der Waals surface area contributed by atoms with E-state index in [0.29, 0.717) is 6.04 Å². The molecule has 0 saturated heterocycles. The lowest BCUT2D eigenvalue weighted by Gasteiger charge is -2.30. The maximum Gasteiger partial charge on any atom is 0.0782 e. The average molecular weight is 286 g/mol. The summed E-state index contributed by atoms with van der Waals surface area (Å²) in [5, 5.41) is 9.78. The summed E-state index contributed by atoms with van der Waals surface area (Å²) in [6, 6.07) is 6.46. The number of benzene rings is 1. The van der Waals surface area contributed by atoms with Crippen LogP contribution in [0.3, 0.4) is 0 Å². The second-order valence-corrected chi connectivity index (χ2v) is 5.17. The maximum atomic E-state index is 9.78. The first-order chi connectivity index (χ1) is 7.47. The molecule has 0 fully saturated rings. The van der Waals surface area contributed by atoms with E-state index in [2.05, 4.69) is 47.7 Å². The molecular formula is C13H20BrNO. The monoisotopic (exact) mass is 285 g/mol. The van der Waals surface area contributed by atoms with Crippen LogP contribution in [0.4, 0.5) is 5.69 Å². The van der Waals surface area contributed by atoms with Crippen LogP contribution in [0.1, 0.15) is 39.4 Å². The zero-order chi connectivity index (χ0) is 12.3. The van der Waals surface area contributed by atoms with Crippen LogP contribution >= 0.6 is 15.9 Å². The number of rotatable bonds is 4. The predicted octanol–water partition coefficient (Wildman–Crippen LogP) is 3.74. The molecule has 0 amide bonds. The lowest BCUT2D eigenvalue weighted by atomic mass is 10.1. The van der Waals surface area contributed by atoms with Crippen LogP contribution < -0.4 is 4.90 Å². The highest BCUT2D eigenvalue weighted by Crippen LogP contribution is 2.30. The zero-order valence-electron chi connectivity index (χ0n) is 10.4. The predicted molar refractivity (Wildman–Crippen MR) is 72.9 cm³/mol. The summed E-state index contributed by atoms with van der Waals surface area (Å²) in [5.74, 6) is 0. The Hall–Kier alpha value is -0.540. The van der Waals surface area contributed by atoms with Crippen molar-refractivity contribution in [2.24, 2.45) is 0 Å². The second-order valence-electron chi connectivity index (χ2n) is 4.26. The van der Waals surface area contributed by atoms with E-state index < -0.39 is 6.10 Å². The second kappa shape index (κ2) is 5.69. The van der Waals surface area contributed by atoms with Crippen molar-refractivity contribution in [1.82, 2.24) is 0 Å². The van der Waals surface area contributed by atoms with Gasteiger partial charge in [-0.15, -0.1) is 0 Å². The van der Waals surface area contributed by atoms with E-state index in [9.17, 15) is 5.11 Å². The van der Waals surface area contributed by atoms with Gasteiger partial charge in [-0.2, -0.15) is 0 Å². The fourth-order valence-electron chi connectivity index (χ4n) is 1.93. The van der Waals surface area contributed by atoms with E-state index in [-0.39, 0.29) is 0 Å². The standard InChI is InChI=1S/C13H20BrNO/c1-5-15(9(2)3)13-8-11(14)6-7-12(13)10(4)16/h6-10,16H,5H2,1-4H3. The van der Waals surface area contributed by atoms with Gasteiger partial charge < -0.3 is 10.0 Å². The third-order valence-electron chi connectivity index (χ3n) is 2.72. The number of hydrogen-bond acceptors (Lipinski definition) is 2. The van der Waals surface area contributed by atoms with Gasteiger partial charge in [0.05, 0.1) is 6.10 Å². The molecule has 0 aliphatic carbocycles. The van der Waals surface area contributed by atoms with Gasteiger partial charge in [0, 0.05) is 28.3 Å². The molecule has 3 heteroatoms. The fraction of sp³-hybridized carbons (Fsp3) is 0.538. The summed E-state index contributed by atoms with van der Waals surface area (Å²) in [5.41, 5.74) is 2.10. The molecule has 0 aliphatic heterocycles. The first-order valence-corrected chi connectivity index (χ1v) is 6.50. The molecule has 1 aromatic rings. The molecule has 1 N–H and O–H groups in total. The highest BCUT2D eigenvalue weighted by atomic mass is 79.9. The van der Waals surface area contributed by atoms with Crippen molar-refractivity contribution in [2.75, 3.05) is 11.4 Å². The summed E-state index contributed by atoms with van der Waals surface area (Å²) in [6.45, 7) is 9.20. The molecule has 1 unspecified atom stereocenters. The fourth-order valence-corrected chi connectivity index (χ4v) is 2.28. The molecule has 0 aromatic heterocycles. The number of hydrogen-bond donors (Lipinski definition) is 1. The van der Waals surface area contributed by atoms with E-state index in [0.717, 1.165) is 22.3 Å². The van der Waals surface area contributed by atoms with Gasteiger partial charge in [0.25, 0.3) is 0 Å². The lowest BCUT2D eigenvalue weighted by molar-refractivity contribution is 0.199. The molecule has 2 nitrogen and oxygen atoms in total. The highest BCUT2D eigenvalue weighted by molar-refractivity contribution is 9.10. The Morgan fingerprint density at radius 2 is 1.94 bits per heavy atom. The molecule has 1 aromatic carbocycles. The maximum absolute atomic E-state index is 9.78. The highest BCUT2D eigenvalue weighted by Gasteiger charge is 2.15. The van der Waals surface area contributed by atoms with Crippen molar-refractivity contribution < 1.29 is 5.11 Å². The van der Waals surface area contributed by atoms with Crippen LogP contribution in [0.2, 0.25) is 0 Å². The third-order valence-corrected chi connectivity index (χ3v) is 3.21. The largest absolute Gasteiger partial charge is 0.389 e. The minimum atomic E-state index is -0.434. The number of aliphatic hydroxyl groups excluding tert-OH is 1. The first-order valence-electron chi connectivity index (χ1n) is 5.71. The Kier molecular flexibility index (Phi) is 4.81. The normalized spacial score (nSPS) is 12.9. The molecule has 0 radical (unpaired) electrons. The Morgan fingerprint density at radius 1 is 1.31 bits per heavy atom. The van der Waals surface area contributed by atoms with Gasteiger partial charge in [-0.3, -0.25) is 0 Å². The van der Waals surface area contributed by atoms with E-state index in [4.69, 9.17) is 0 Å². The van der Waals surface area contributed by atoms with Gasteiger partial charge in [-0.1, -0.05) is 22.0 Å². The Balaban J connectivity index is 3.22. The van der Waals surface area contributed by atoms with Crippen LogP contribution in [0.5, 0.6) is 0 Å². The minimum absolute atomic E-state index is 0.428. The quantitative estimate of drug-likeness (QED) is 0.911. The zero-order valence-corrected chi connectivity index (χ0v) is 12.0. The molecular weight excluding hydrogens is 266 g/mol. The van der Waals surface area contributed by atoms with Crippen LogP contribution in [0.25, 0.3) is 0 Å². The SMILES string of the molecule is CCN(c1cc(Br)ccc1C(C)O)C(C)C. The molecule has 1 rings (SSSR count). The molecule has 1 atom stereocenters. The van der Waals surface area contributed by atoms with Gasteiger partial charge in [-0.25, -0.2) is 0 Å². The van der Waals surface area contributed by atoms with Gasteiger partial charge in [0.15, 0.2) is 0 Å². The Labute approximate surface area is 106 Å². The third kappa shape index (κ3) is 2.98. The lowest BCUT2D eigenvalue weighted by Crippen LogP contribution is -2.31. The van der Waals surface area contributed by atoms with Gasteiger partial charge in [0.1, 0.15) is 0 Å². The molecule has 0 spiro atoms. The first kappa shape index (κ1) is 13.5. The van der Waals surface area contributed by atoms with Gasteiger partial charge in [-0.05, 0) is 39.8 Å². The minimum Gasteiger partial charge on any atom is -0.389 e. The number of aliphatic hydroxyl groups is 1. The summed E-state index contributed by atoms with van der Waals surface area (Å²) >= 11 is 3.48. The van der Waals surface area contributed by atoms with Crippen molar-refractivity contribution in [2.45, 2.75) is 39.8 Å². The van der Waals surface area contributed by atoms with Gasteiger partial charge >= 0.3 is 0 Å². The van der Waals surface area contributed by atoms with Crippen molar-refractivity contribution in [3.63, 3.8) is 0 Å². The van der Waals surface area contributed by atoms with Crippen molar-refractivity contribution in [3.8, 4) is 0 Å². The summed E-state index contributed by atoms with van der Waals surface area (Å²) in [6.07, 6.45) is -0.434.